The third-order valence-corrected chi connectivity index (χ3v) is 3.29. The largest absolute Gasteiger partial charge is 0.386 e. The first-order valence-electron chi connectivity index (χ1n) is 4.63. The molecule has 0 amide bonds. The van der Waals surface area contributed by atoms with Crippen LogP contribution >= 0.6 is 11.3 Å². The molecule has 72 valence electrons. The molecule has 1 aromatic rings. The number of nitrogens with one attached hydrogen (secondary N) is 2. The lowest BCUT2D eigenvalue weighted by atomic mass is 10.3. The molecule has 1 saturated heterocycles. The van der Waals surface area contributed by atoms with Crippen LogP contribution in [0, 0.1) is 0 Å². The zero-order chi connectivity index (χ0) is 9.10. The smallest absolute Gasteiger partial charge is 0.115 e. The first kappa shape index (κ1) is 8.84. The van der Waals surface area contributed by atoms with Crippen LogP contribution in [0.2, 0.25) is 0 Å². The maximum absolute atomic E-state index is 3.36. The molecule has 1 aromatic heterocycles. The predicted octanol–water partition coefficient (Wildman–Crippen LogP) is 1.20. The fourth-order valence-electron chi connectivity index (χ4n) is 1.60. The molecule has 2 rings (SSSR count). The first-order chi connectivity index (χ1) is 6.42. The van der Waals surface area contributed by atoms with Crippen molar-refractivity contribution >= 4 is 22.0 Å². The summed E-state index contributed by atoms with van der Waals surface area (Å²) in [4.78, 5) is 2.44. The van der Waals surface area contributed by atoms with E-state index in [4.69, 9.17) is 0 Å². The second-order valence-corrected chi connectivity index (χ2v) is 4.02. The third kappa shape index (κ3) is 1.78. The zero-order valence-corrected chi connectivity index (χ0v) is 8.66. The van der Waals surface area contributed by atoms with E-state index in [9.17, 15) is 0 Å². The van der Waals surface area contributed by atoms with Crippen molar-refractivity contribution in [1.82, 2.24) is 5.32 Å². The summed E-state index contributed by atoms with van der Waals surface area (Å²) in [7, 11) is 1.98. The molecule has 2 N–H and O–H groups in total. The molecule has 13 heavy (non-hydrogen) atoms. The molecule has 0 saturated carbocycles. The van der Waals surface area contributed by atoms with Gasteiger partial charge in [0.25, 0.3) is 0 Å². The second kappa shape index (κ2) is 3.98. The van der Waals surface area contributed by atoms with Crippen LogP contribution in [0.1, 0.15) is 0 Å². The van der Waals surface area contributed by atoms with Gasteiger partial charge in [-0.15, -0.1) is 11.3 Å². The number of nitrogens with zero attached hydrogens (tertiary/aromatic N) is 1. The van der Waals surface area contributed by atoms with Crippen LogP contribution in [0.15, 0.2) is 11.4 Å². The molecule has 4 heteroatoms. The van der Waals surface area contributed by atoms with Gasteiger partial charge in [-0.2, -0.15) is 0 Å². The zero-order valence-electron chi connectivity index (χ0n) is 7.84. The summed E-state index contributed by atoms with van der Waals surface area (Å²) in [6.07, 6.45) is 0. The number of thiophene rings is 1. The van der Waals surface area contributed by atoms with Crippen LogP contribution in [0.4, 0.5) is 10.7 Å². The summed E-state index contributed by atoms with van der Waals surface area (Å²) in [6.45, 7) is 4.44. The molecule has 0 atom stereocenters. The molecular formula is C9H15N3S. The van der Waals surface area contributed by atoms with Crippen molar-refractivity contribution in [2.45, 2.75) is 0 Å². The molecule has 1 fully saturated rings. The van der Waals surface area contributed by atoms with Gasteiger partial charge in [-0.3, -0.25) is 0 Å². The van der Waals surface area contributed by atoms with Gasteiger partial charge in [-0.25, -0.2) is 0 Å². The lowest BCUT2D eigenvalue weighted by molar-refractivity contribution is 0.592. The Bertz CT molecular complexity index is 266. The number of anilines is 2. The molecule has 0 aliphatic carbocycles. The summed E-state index contributed by atoms with van der Waals surface area (Å²) in [5.41, 5.74) is 1.26. The lowest BCUT2D eigenvalue weighted by Crippen LogP contribution is -2.43. The minimum absolute atomic E-state index is 1.10. The number of piperazine rings is 1. The Morgan fingerprint density at radius 3 is 2.92 bits per heavy atom. The van der Waals surface area contributed by atoms with Gasteiger partial charge >= 0.3 is 0 Å². The molecule has 0 radical (unpaired) electrons. The molecule has 0 spiro atoms. The predicted molar refractivity (Wildman–Crippen MR) is 58.9 cm³/mol. The minimum atomic E-state index is 1.10. The highest BCUT2D eigenvalue weighted by atomic mass is 32.1. The average molecular weight is 197 g/mol. The van der Waals surface area contributed by atoms with Gasteiger partial charge in [0.15, 0.2) is 0 Å². The van der Waals surface area contributed by atoms with Crippen molar-refractivity contribution in [3.63, 3.8) is 0 Å². The van der Waals surface area contributed by atoms with Crippen LogP contribution in [-0.2, 0) is 0 Å². The normalized spacial score (nSPS) is 17.5. The van der Waals surface area contributed by atoms with E-state index in [0.29, 0.717) is 0 Å². The van der Waals surface area contributed by atoms with E-state index in [1.54, 1.807) is 0 Å². The van der Waals surface area contributed by atoms with Crippen molar-refractivity contribution in [2.75, 3.05) is 43.4 Å². The topological polar surface area (TPSA) is 27.3 Å². The highest BCUT2D eigenvalue weighted by molar-refractivity contribution is 7.14. The first-order valence-corrected chi connectivity index (χ1v) is 5.50. The molecular weight excluding hydrogens is 182 g/mol. The molecule has 0 aromatic carbocycles. The molecule has 0 unspecified atom stereocenters. The van der Waals surface area contributed by atoms with Crippen molar-refractivity contribution in [3.8, 4) is 0 Å². The van der Waals surface area contributed by atoms with E-state index in [1.165, 1.54) is 10.7 Å². The maximum atomic E-state index is 3.36. The van der Waals surface area contributed by atoms with Gasteiger partial charge < -0.3 is 15.5 Å². The van der Waals surface area contributed by atoms with Gasteiger partial charge in [0, 0.05) is 33.2 Å². The van der Waals surface area contributed by atoms with Crippen LogP contribution in [0.3, 0.4) is 0 Å². The Labute approximate surface area is 82.8 Å². The SMILES string of the molecule is CNc1ccsc1N1CCNCC1. The fraction of sp³-hybridized carbons (Fsp3) is 0.556. The summed E-state index contributed by atoms with van der Waals surface area (Å²) in [6, 6.07) is 2.14. The number of rotatable bonds is 2. The number of hydrogen-bond donors (Lipinski definition) is 2. The van der Waals surface area contributed by atoms with Gasteiger partial charge in [-0.1, -0.05) is 0 Å². The van der Waals surface area contributed by atoms with E-state index < -0.39 is 0 Å². The van der Waals surface area contributed by atoms with Crippen LogP contribution in [0.5, 0.6) is 0 Å². The minimum Gasteiger partial charge on any atom is -0.386 e. The monoisotopic (exact) mass is 197 g/mol. The number of hydrogen-bond acceptors (Lipinski definition) is 4. The van der Waals surface area contributed by atoms with E-state index in [2.05, 4.69) is 27.0 Å². The molecule has 3 nitrogen and oxygen atoms in total. The molecule has 2 heterocycles. The van der Waals surface area contributed by atoms with Gasteiger partial charge in [-0.05, 0) is 11.4 Å². The van der Waals surface area contributed by atoms with E-state index in [0.717, 1.165) is 26.2 Å². The van der Waals surface area contributed by atoms with Crippen molar-refractivity contribution in [1.29, 1.82) is 0 Å². The Kier molecular flexibility index (Phi) is 2.71. The van der Waals surface area contributed by atoms with Gasteiger partial charge in [0.1, 0.15) is 5.00 Å². The van der Waals surface area contributed by atoms with Crippen LogP contribution in [-0.4, -0.2) is 33.2 Å². The van der Waals surface area contributed by atoms with Crippen LogP contribution < -0.4 is 15.5 Å². The van der Waals surface area contributed by atoms with Gasteiger partial charge in [0.2, 0.25) is 0 Å². The Morgan fingerprint density at radius 2 is 2.23 bits per heavy atom. The Balaban J connectivity index is 2.13. The molecule has 1 aliphatic heterocycles. The average Bonchev–Trinajstić information content (AvgIpc) is 2.67. The third-order valence-electron chi connectivity index (χ3n) is 2.32. The standard InChI is InChI=1S/C9H15N3S/c1-10-8-2-7-13-9(8)12-5-3-11-4-6-12/h2,7,10-11H,3-6H2,1H3. The van der Waals surface area contributed by atoms with Crippen molar-refractivity contribution < 1.29 is 0 Å². The summed E-state index contributed by atoms with van der Waals surface area (Å²) < 4.78 is 0. The molecule has 1 aliphatic rings. The highest BCUT2D eigenvalue weighted by Crippen LogP contribution is 2.31. The van der Waals surface area contributed by atoms with E-state index in [1.807, 2.05) is 18.4 Å². The second-order valence-electron chi connectivity index (χ2n) is 3.13. The Hall–Kier alpha value is -0.740. The van der Waals surface area contributed by atoms with Crippen molar-refractivity contribution in [2.24, 2.45) is 0 Å². The summed E-state index contributed by atoms with van der Waals surface area (Å²) in [5, 5.41) is 10.1. The van der Waals surface area contributed by atoms with Crippen LogP contribution in [0.25, 0.3) is 0 Å². The lowest BCUT2D eigenvalue weighted by Gasteiger charge is -2.28. The highest BCUT2D eigenvalue weighted by Gasteiger charge is 2.14. The molecule has 0 bridgehead atoms. The van der Waals surface area contributed by atoms with Crippen molar-refractivity contribution in [3.05, 3.63) is 11.4 Å². The maximum Gasteiger partial charge on any atom is 0.115 e. The summed E-state index contributed by atoms with van der Waals surface area (Å²) in [5.74, 6) is 0. The summed E-state index contributed by atoms with van der Waals surface area (Å²) >= 11 is 1.82. The van der Waals surface area contributed by atoms with Gasteiger partial charge in [0.05, 0.1) is 5.69 Å². The Morgan fingerprint density at radius 1 is 1.46 bits per heavy atom. The van der Waals surface area contributed by atoms with E-state index in [-0.39, 0.29) is 0 Å². The quantitative estimate of drug-likeness (QED) is 0.746. The van der Waals surface area contributed by atoms with E-state index >= 15 is 0 Å². The fourth-order valence-corrected chi connectivity index (χ4v) is 2.57.